The van der Waals surface area contributed by atoms with Gasteiger partial charge in [0, 0.05) is 11.6 Å². The Kier molecular flexibility index (Phi) is 4.64. The van der Waals surface area contributed by atoms with Gasteiger partial charge in [0.05, 0.1) is 22.2 Å². The third-order valence-electron chi connectivity index (χ3n) is 5.61. The van der Waals surface area contributed by atoms with E-state index in [0.29, 0.717) is 6.42 Å². The van der Waals surface area contributed by atoms with Crippen molar-refractivity contribution < 1.29 is 37.0 Å². The van der Waals surface area contributed by atoms with Crippen molar-refractivity contribution in [1.82, 2.24) is 0 Å². The van der Waals surface area contributed by atoms with Crippen molar-refractivity contribution in [2.45, 2.75) is 23.5 Å². The van der Waals surface area contributed by atoms with Crippen LogP contribution in [0.2, 0.25) is 0 Å². The van der Waals surface area contributed by atoms with Crippen LogP contribution >= 0.6 is 15.9 Å². The van der Waals surface area contributed by atoms with E-state index in [9.17, 15) is 27.6 Å². The molecule has 6 atom stereocenters. The van der Waals surface area contributed by atoms with Crippen molar-refractivity contribution in [3.63, 3.8) is 0 Å². The molecule has 1 aliphatic heterocycles. The number of carbonyl (C=O) groups is 3. The monoisotopic (exact) mass is 461 g/mol. The topological polar surface area (TPSA) is 81.7 Å². The van der Waals surface area contributed by atoms with Crippen LogP contribution in [0.25, 0.3) is 0 Å². The van der Waals surface area contributed by atoms with Crippen molar-refractivity contribution in [3.8, 4) is 0 Å². The summed E-state index contributed by atoms with van der Waals surface area (Å²) in [5, 5.41) is 2.27. The maximum Gasteiger partial charge on any atom is 0.416 e. The van der Waals surface area contributed by atoms with Gasteiger partial charge in [-0.05, 0) is 30.5 Å². The van der Waals surface area contributed by atoms with Crippen LogP contribution in [0.15, 0.2) is 24.3 Å². The SMILES string of the molecule is O=C(COC(=O)[C@@H]1[C@H]2C[C@H]3[C@H](OC(=O)[C@H]31)[C@H]2Br)Nc1cccc(C(F)(F)F)c1. The minimum Gasteiger partial charge on any atom is -0.461 e. The highest BCUT2D eigenvalue weighted by Crippen LogP contribution is 2.60. The summed E-state index contributed by atoms with van der Waals surface area (Å²) in [6, 6.07) is 4.14. The quantitative estimate of drug-likeness (QED) is 0.550. The van der Waals surface area contributed by atoms with Crippen molar-refractivity contribution in [3.05, 3.63) is 29.8 Å². The van der Waals surface area contributed by atoms with Gasteiger partial charge in [0.25, 0.3) is 5.91 Å². The number of esters is 2. The third-order valence-corrected chi connectivity index (χ3v) is 6.81. The van der Waals surface area contributed by atoms with Gasteiger partial charge in [0.1, 0.15) is 6.10 Å². The van der Waals surface area contributed by atoms with Gasteiger partial charge in [-0.1, -0.05) is 22.0 Å². The van der Waals surface area contributed by atoms with E-state index in [1.807, 2.05) is 0 Å². The van der Waals surface area contributed by atoms with Gasteiger partial charge in [0.2, 0.25) is 0 Å². The zero-order chi connectivity index (χ0) is 20.2. The van der Waals surface area contributed by atoms with Crippen molar-refractivity contribution in [2.24, 2.45) is 23.7 Å². The summed E-state index contributed by atoms with van der Waals surface area (Å²) in [5.74, 6) is -3.22. The van der Waals surface area contributed by atoms with Gasteiger partial charge in [0.15, 0.2) is 6.61 Å². The second-order valence-corrected chi connectivity index (χ2v) is 8.25. The lowest BCUT2D eigenvalue weighted by molar-refractivity contribution is -0.157. The minimum absolute atomic E-state index is 0.0293. The molecule has 2 saturated carbocycles. The number of ether oxygens (including phenoxy) is 2. The molecule has 1 aromatic rings. The molecule has 1 heterocycles. The Morgan fingerprint density at radius 3 is 2.75 bits per heavy atom. The molecular weight excluding hydrogens is 447 g/mol. The molecule has 1 amide bonds. The van der Waals surface area contributed by atoms with E-state index in [1.165, 1.54) is 6.07 Å². The van der Waals surface area contributed by atoms with Crippen molar-refractivity contribution >= 4 is 39.5 Å². The Balaban J connectivity index is 1.36. The largest absolute Gasteiger partial charge is 0.461 e. The Hall–Kier alpha value is -2.10. The van der Waals surface area contributed by atoms with E-state index in [4.69, 9.17) is 9.47 Å². The molecule has 6 nitrogen and oxygen atoms in total. The number of fused-ring (bicyclic) bond motifs is 1. The average molecular weight is 462 g/mol. The van der Waals surface area contributed by atoms with Crippen LogP contribution in [0.3, 0.4) is 0 Å². The average Bonchev–Trinajstić information content (AvgIpc) is 3.23. The maximum absolute atomic E-state index is 12.7. The van der Waals surface area contributed by atoms with Crippen LogP contribution < -0.4 is 5.32 Å². The predicted octanol–water partition coefficient (Wildman–Crippen LogP) is 2.76. The standard InChI is InChI=1S/C18H15BrF3NO5/c19-14-9-5-10-13(17(26)28-15(10)14)12(9)16(25)27-6-11(24)23-8-3-1-2-7(4-8)18(20,21)22/h1-4,9-10,12-15H,5-6H2,(H,23,24)/t9-,10-,12-,13-,14+,15+/m1/s1. The lowest BCUT2D eigenvalue weighted by atomic mass is 9.80. The molecule has 10 heteroatoms. The summed E-state index contributed by atoms with van der Waals surface area (Å²) in [6.07, 6.45) is -4.09. The number of carbonyl (C=O) groups excluding carboxylic acids is 3. The lowest BCUT2D eigenvalue weighted by Crippen LogP contribution is -2.39. The van der Waals surface area contributed by atoms with Crippen LogP contribution in [0, 0.1) is 23.7 Å². The van der Waals surface area contributed by atoms with E-state index in [1.54, 1.807) is 0 Å². The molecule has 0 radical (unpaired) electrons. The molecule has 150 valence electrons. The molecule has 28 heavy (non-hydrogen) atoms. The molecule has 1 N–H and O–H groups in total. The fraction of sp³-hybridized carbons (Fsp3) is 0.500. The van der Waals surface area contributed by atoms with Gasteiger partial charge >= 0.3 is 18.1 Å². The van der Waals surface area contributed by atoms with Crippen LogP contribution in [0.1, 0.15) is 12.0 Å². The normalized spacial score (nSPS) is 32.9. The smallest absolute Gasteiger partial charge is 0.416 e. The molecule has 0 unspecified atom stereocenters. The zero-order valence-corrected chi connectivity index (χ0v) is 15.8. The Labute approximate surface area is 165 Å². The number of rotatable bonds is 4. The first-order chi connectivity index (χ1) is 13.2. The molecule has 4 rings (SSSR count). The second kappa shape index (κ2) is 6.75. The summed E-state index contributed by atoms with van der Waals surface area (Å²) in [5.41, 5.74) is -0.958. The summed E-state index contributed by atoms with van der Waals surface area (Å²) < 4.78 is 48.5. The van der Waals surface area contributed by atoms with Gasteiger partial charge in [-0.3, -0.25) is 14.4 Å². The van der Waals surface area contributed by atoms with Crippen LogP contribution in [-0.2, 0) is 30.0 Å². The number of nitrogens with one attached hydrogen (secondary N) is 1. The first-order valence-electron chi connectivity index (χ1n) is 8.65. The van der Waals surface area contributed by atoms with E-state index in [-0.39, 0.29) is 28.5 Å². The number of halogens is 4. The molecule has 0 aromatic heterocycles. The van der Waals surface area contributed by atoms with E-state index < -0.39 is 48.0 Å². The van der Waals surface area contributed by atoms with E-state index in [0.717, 1.165) is 18.2 Å². The van der Waals surface area contributed by atoms with Gasteiger partial charge in [-0.25, -0.2) is 0 Å². The molecule has 2 aliphatic carbocycles. The van der Waals surface area contributed by atoms with E-state index in [2.05, 4.69) is 21.2 Å². The highest BCUT2D eigenvalue weighted by molar-refractivity contribution is 9.09. The fourth-order valence-corrected chi connectivity index (χ4v) is 5.54. The van der Waals surface area contributed by atoms with E-state index >= 15 is 0 Å². The predicted molar refractivity (Wildman–Crippen MR) is 92.2 cm³/mol. The van der Waals surface area contributed by atoms with Crippen LogP contribution in [-0.4, -0.2) is 35.4 Å². The summed E-state index contributed by atoms with van der Waals surface area (Å²) in [6.45, 7) is -0.652. The zero-order valence-electron chi connectivity index (χ0n) is 14.2. The number of anilines is 1. The lowest BCUT2D eigenvalue weighted by Gasteiger charge is -2.26. The highest BCUT2D eigenvalue weighted by atomic mass is 79.9. The Bertz CT molecular complexity index is 845. The number of hydrogen-bond donors (Lipinski definition) is 1. The maximum atomic E-state index is 12.7. The third kappa shape index (κ3) is 3.17. The first kappa shape index (κ1) is 19.2. The molecule has 3 aliphatic rings. The Morgan fingerprint density at radius 1 is 1.29 bits per heavy atom. The van der Waals surface area contributed by atoms with Gasteiger partial charge < -0.3 is 14.8 Å². The van der Waals surface area contributed by atoms with Crippen molar-refractivity contribution in [2.75, 3.05) is 11.9 Å². The molecule has 0 spiro atoms. The van der Waals surface area contributed by atoms with Gasteiger partial charge in [-0.2, -0.15) is 13.2 Å². The minimum atomic E-state index is -4.53. The fourth-order valence-electron chi connectivity index (χ4n) is 4.50. The van der Waals surface area contributed by atoms with Crippen molar-refractivity contribution in [1.29, 1.82) is 0 Å². The number of hydrogen-bond acceptors (Lipinski definition) is 5. The van der Waals surface area contributed by atoms with Crippen LogP contribution in [0.5, 0.6) is 0 Å². The summed E-state index contributed by atoms with van der Waals surface area (Å²) in [4.78, 5) is 36.3. The van der Waals surface area contributed by atoms with Crippen LogP contribution in [0.4, 0.5) is 18.9 Å². The first-order valence-corrected chi connectivity index (χ1v) is 9.56. The second-order valence-electron chi connectivity index (χ2n) is 7.20. The molecule has 3 fully saturated rings. The number of benzene rings is 1. The molecule has 2 bridgehead atoms. The highest BCUT2D eigenvalue weighted by Gasteiger charge is 2.68. The number of amides is 1. The molecule has 1 aromatic carbocycles. The molecular formula is C18H15BrF3NO5. The summed E-state index contributed by atoms with van der Waals surface area (Å²) in [7, 11) is 0. The van der Waals surface area contributed by atoms with Gasteiger partial charge in [-0.15, -0.1) is 0 Å². The number of alkyl halides is 4. The molecule has 1 saturated heterocycles. The Morgan fingerprint density at radius 2 is 2.04 bits per heavy atom. The summed E-state index contributed by atoms with van der Waals surface area (Å²) >= 11 is 3.48.